The average molecular weight is 352 g/mol. The third-order valence-corrected chi connectivity index (χ3v) is 4.18. The smallest absolute Gasteiger partial charge is 0.418 e. The lowest BCUT2D eigenvalue weighted by Gasteiger charge is -2.24. The van der Waals surface area contributed by atoms with E-state index in [9.17, 15) is 23.1 Å². The molecule has 3 rings (SSSR count). The molecule has 0 radical (unpaired) electrons. The summed E-state index contributed by atoms with van der Waals surface area (Å²) in [7, 11) is 0. The molecule has 25 heavy (non-hydrogen) atoms. The van der Waals surface area contributed by atoms with Crippen LogP contribution in [0, 0.1) is 6.92 Å². The van der Waals surface area contributed by atoms with E-state index in [0.717, 1.165) is 6.07 Å². The molecule has 1 aromatic carbocycles. The zero-order valence-corrected chi connectivity index (χ0v) is 13.3. The van der Waals surface area contributed by atoms with Crippen LogP contribution in [0.25, 0.3) is 16.5 Å². The molecule has 0 atom stereocenters. The van der Waals surface area contributed by atoms with Gasteiger partial charge in [0.2, 0.25) is 0 Å². The Labute approximate surface area is 141 Å². The molecule has 0 bridgehead atoms. The van der Waals surface area contributed by atoms with Crippen LogP contribution in [0.3, 0.4) is 0 Å². The fourth-order valence-electron chi connectivity index (χ4n) is 2.94. The van der Waals surface area contributed by atoms with E-state index in [4.69, 9.17) is 5.11 Å². The Morgan fingerprint density at radius 3 is 2.56 bits per heavy atom. The van der Waals surface area contributed by atoms with Crippen LogP contribution in [-0.2, 0) is 6.18 Å². The third-order valence-electron chi connectivity index (χ3n) is 4.18. The van der Waals surface area contributed by atoms with Crippen molar-refractivity contribution in [3.63, 3.8) is 0 Å². The molecule has 0 fully saturated rings. The Kier molecular flexibility index (Phi) is 4.06. The van der Waals surface area contributed by atoms with Crippen LogP contribution in [-0.4, -0.2) is 39.3 Å². The second-order valence-corrected chi connectivity index (χ2v) is 5.91. The second-order valence-electron chi connectivity index (χ2n) is 5.91. The minimum Gasteiger partial charge on any atom is -0.507 e. The van der Waals surface area contributed by atoms with Crippen LogP contribution in [0.5, 0.6) is 5.75 Å². The summed E-state index contributed by atoms with van der Waals surface area (Å²) in [6, 6.07) is 3.79. The maximum atomic E-state index is 13.5. The van der Waals surface area contributed by atoms with Gasteiger partial charge in [0.25, 0.3) is 0 Å². The van der Waals surface area contributed by atoms with Gasteiger partial charge < -0.3 is 15.1 Å². The fraction of sp³-hybridized carbons (Fsp3) is 0.294. The average Bonchev–Trinajstić information content (AvgIpc) is 2.53. The number of fused-ring (bicyclic) bond motifs is 1. The molecule has 1 aliphatic heterocycles. The molecule has 2 N–H and O–H groups in total. The fourth-order valence-corrected chi connectivity index (χ4v) is 2.94. The van der Waals surface area contributed by atoms with Gasteiger partial charge in [-0.3, -0.25) is 4.98 Å². The van der Waals surface area contributed by atoms with E-state index in [2.05, 4.69) is 4.98 Å². The Morgan fingerprint density at radius 2 is 2.00 bits per heavy atom. The first kappa shape index (κ1) is 17.1. The Hall–Kier alpha value is -2.77. The summed E-state index contributed by atoms with van der Waals surface area (Å²) in [6.45, 7) is 1.83. The second kappa shape index (κ2) is 5.94. The number of rotatable bonds is 1. The summed E-state index contributed by atoms with van der Waals surface area (Å²) in [5.41, 5.74) is 0.00538. The minimum atomic E-state index is -4.62. The number of aromatic hydroxyl groups is 1. The van der Waals surface area contributed by atoms with Crippen LogP contribution < -0.4 is 0 Å². The largest absolute Gasteiger partial charge is 0.507 e. The SMILES string of the molecule is Cc1cc(O)c2cc(C3=CCN(C(=O)O)CC3)cc(C(F)(F)F)c2n1. The number of pyridine rings is 1. The van der Waals surface area contributed by atoms with Crippen LogP contribution in [0.4, 0.5) is 18.0 Å². The number of alkyl halides is 3. The van der Waals surface area contributed by atoms with E-state index in [-0.39, 0.29) is 35.4 Å². The highest BCUT2D eigenvalue weighted by atomic mass is 19.4. The van der Waals surface area contributed by atoms with Crippen LogP contribution >= 0.6 is 0 Å². The van der Waals surface area contributed by atoms with E-state index in [0.29, 0.717) is 17.6 Å². The number of carboxylic acid groups (broad SMARTS) is 1. The summed E-state index contributed by atoms with van der Waals surface area (Å²) >= 11 is 0. The number of hydrogen-bond donors (Lipinski definition) is 2. The molecular weight excluding hydrogens is 337 g/mol. The Morgan fingerprint density at radius 1 is 1.28 bits per heavy atom. The number of halogens is 3. The third kappa shape index (κ3) is 3.24. The lowest BCUT2D eigenvalue weighted by atomic mass is 9.95. The van der Waals surface area contributed by atoms with Gasteiger partial charge in [-0.2, -0.15) is 13.2 Å². The number of aromatic nitrogens is 1. The molecule has 5 nitrogen and oxygen atoms in total. The number of benzene rings is 1. The molecule has 1 aromatic heterocycles. The van der Waals surface area contributed by atoms with Crippen molar-refractivity contribution in [1.82, 2.24) is 9.88 Å². The van der Waals surface area contributed by atoms with Crippen LogP contribution in [0.15, 0.2) is 24.3 Å². The molecule has 0 spiro atoms. The molecule has 0 aliphatic carbocycles. The van der Waals surface area contributed by atoms with Crippen molar-refractivity contribution in [2.24, 2.45) is 0 Å². The molecule has 8 heteroatoms. The molecule has 0 saturated heterocycles. The van der Waals surface area contributed by atoms with Gasteiger partial charge in [0, 0.05) is 30.2 Å². The van der Waals surface area contributed by atoms with Crippen molar-refractivity contribution in [2.75, 3.05) is 13.1 Å². The summed E-state index contributed by atoms with van der Waals surface area (Å²) in [6.07, 6.45) is -3.79. The summed E-state index contributed by atoms with van der Waals surface area (Å²) in [4.78, 5) is 16.1. The number of aryl methyl sites for hydroxylation is 1. The molecule has 132 valence electrons. The first-order valence-corrected chi connectivity index (χ1v) is 7.55. The zero-order valence-electron chi connectivity index (χ0n) is 13.3. The van der Waals surface area contributed by atoms with Gasteiger partial charge in [-0.1, -0.05) is 6.08 Å². The van der Waals surface area contributed by atoms with Crippen molar-refractivity contribution in [1.29, 1.82) is 0 Å². The number of carbonyl (C=O) groups is 1. The van der Waals surface area contributed by atoms with Gasteiger partial charge in [0.05, 0.1) is 11.1 Å². The molecular formula is C17H15F3N2O3. The predicted molar refractivity (Wildman–Crippen MR) is 85.3 cm³/mol. The van der Waals surface area contributed by atoms with Crippen molar-refractivity contribution in [2.45, 2.75) is 19.5 Å². The van der Waals surface area contributed by atoms with Crippen LogP contribution in [0.2, 0.25) is 0 Å². The highest BCUT2D eigenvalue weighted by molar-refractivity contribution is 5.91. The highest BCUT2D eigenvalue weighted by Crippen LogP contribution is 2.39. The Balaban J connectivity index is 2.16. The predicted octanol–water partition coefficient (Wildman–Crippen LogP) is 4.03. The molecule has 0 unspecified atom stereocenters. The van der Waals surface area contributed by atoms with E-state index < -0.39 is 17.8 Å². The Bertz CT molecular complexity index is 891. The van der Waals surface area contributed by atoms with Crippen molar-refractivity contribution < 1.29 is 28.2 Å². The number of nitrogens with zero attached hydrogens (tertiary/aromatic N) is 2. The highest BCUT2D eigenvalue weighted by Gasteiger charge is 2.34. The van der Waals surface area contributed by atoms with E-state index in [1.165, 1.54) is 24.0 Å². The molecule has 0 saturated carbocycles. The topological polar surface area (TPSA) is 73.7 Å². The van der Waals surface area contributed by atoms with E-state index in [1.54, 1.807) is 6.08 Å². The van der Waals surface area contributed by atoms with Crippen molar-refractivity contribution in [3.8, 4) is 5.75 Å². The quantitative estimate of drug-likeness (QED) is 0.813. The molecule has 2 aromatic rings. The minimum absolute atomic E-state index is 0.0250. The van der Waals surface area contributed by atoms with Gasteiger partial charge in [-0.15, -0.1) is 0 Å². The number of amides is 1. The summed E-state index contributed by atoms with van der Waals surface area (Å²) in [5.74, 6) is -0.265. The van der Waals surface area contributed by atoms with E-state index >= 15 is 0 Å². The molecule has 2 heterocycles. The normalized spacial score (nSPS) is 15.4. The van der Waals surface area contributed by atoms with Crippen molar-refractivity contribution in [3.05, 3.63) is 41.1 Å². The number of hydrogen-bond acceptors (Lipinski definition) is 3. The zero-order chi connectivity index (χ0) is 18.4. The lowest BCUT2D eigenvalue weighted by Crippen LogP contribution is -2.33. The maximum absolute atomic E-state index is 13.5. The van der Waals surface area contributed by atoms with Gasteiger partial charge in [0.15, 0.2) is 0 Å². The summed E-state index contributed by atoms with van der Waals surface area (Å²) in [5, 5.41) is 19.0. The van der Waals surface area contributed by atoms with Crippen LogP contribution in [0.1, 0.15) is 23.2 Å². The van der Waals surface area contributed by atoms with Gasteiger partial charge in [0.1, 0.15) is 5.75 Å². The van der Waals surface area contributed by atoms with Crippen molar-refractivity contribution >= 4 is 22.6 Å². The van der Waals surface area contributed by atoms with Gasteiger partial charge in [-0.25, -0.2) is 4.79 Å². The lowest BCUT2D eigenvalue weighted by molar-refractivity contribution is -0.136. The molecule has 1 amide bonds. The summed E-state index contributed by atoms with van der Waals surface area (Å²) < 4.78 is 40.4. The van der Waals surface area contributed by atoms with E-state index in [1.807, 2.05) is 0 Å². The van der Waals surface area contributed by atoms with Gasteiger partial charge in [-0.05, 0) is 36.6 Å². The monoisotopic (exact) mass is 352 g/mol. The standard InChI is InChI=1S/C17H15F3N2O3/c1-9-6-14(23)12-7-11(8-13(15(12)21-9)17(18,19)20)10-2-4-22(5-3-10)16(24)25/h2,6-8H,3-5H2,1H3,(H,21,23)(H,24,25). The first-order chi connectivity index (χ1) is 11.7. The van der Waals surface area contributed by atoms with Gasteiger partial charge >= 0.3 is 12.3 Å². The molecule has 1 aliphatic rings. The maximum Gasteiger partial charge on any atom is 0.418 e. The first-order valence-electron chi connectivity index (χ1n) is 7.55.